The monoisotopic (exact) mass is 1000 g/mol. The maximum Gasteiger partial charge on any atom is 0.0641 e. The molecule has 78 heavy (non-hydrogen) atoms. The Bertz CT molecular complexity index is 4580. The van der Waals surface area contributed by atoms with Gasteiger partial charge in [0.25, 0.3) is 0 Å². The van der Waals surface area contributed by atoms with E-state index in [1.807, 2.05) is 0 Å². The second kappa shape index (κ2) is 17.1. The molecule has 15 aromatic rings. The molecule has 0 N–H and O–H groups in total. The Labute approximate surface area is 454 Å². The van der Waals surface area contributed by atoms with Crippen molar-refractivity contribution < 1.29 is 0 Å². The van der Waals surface area contributed by atoms with E-state index in [1.165, 1.54) is 143 Å². The fourth-order valence-electron chi connectivity index (χ4n) is 13.3. The Hall–Kier alpha value is -9.38. The van der Waals surface area contributed by atoms with Gasteiger partial charge < -0.3 is 18.6 Å². The van der Waals surface area contributed by atoms with E-state index in [-0.39, 0.29) is 0 Å². The molecule has 0 unspecified atom stereocenters. The van der Waals surface area contributed by atoms with Gasteiger partial charge in [0.15, 0.2) is 0 Å². The molecule has 0 radical (unpaired) electrons. The van der Waals surface area contributed by atoms with Gasteiger partial charge in [-0.2, -0.15) is 0 Å². The van der Waals surface area contributed by atoms with E-state index in [1.54, 1.807) is 0 Å². The number of hydrogen-bond donors (Lipinski definition) is 0. The Morgan fingerprint density at radius 1 is 0.282 bits per heavy atom. The van der Waals surface area contributed by atoms with Crippen molar-refractivity contribution in [1.82, 2.24) is 8.80 Å². The van der Waals surface area contributed by atoms with E-state index >= 15 is 0 Å². The lowest BCUT2D eigenvalue weighted by Crippen LogP contribution is -2.13. The average molecular weight is 1000 g/mol. The van der Waals surface area contributed by atoms with Crippen LogP contribution in [0.4, 0.5) is 34.1 Å². The molecular formula is C74H58N4. The van der Waals surface area contributed by atoms with Crippen molar-refractivity contribution in [3.05, 3.63) is 251 Å². The van der Waals surface area contributed by atoms with Crippen LogP contribution in [0.1, 0.15) is 44.5 Å². The zero-order chi connectivity index (χ0) is 52.8. The van der Waals surface area contributed by atoms with Gasteiger partial charge in [-0.05, 0) is 185 Å². The first kappa shape index (κ1) is 46.0. The van der Waals surface area contributed by atoms with Gasteiger partial charge >= 0.3 is 0 Å². The van der Waals surface area contributed by atoms with Gasteiger partial charge in [-0.25, -0.2) is 0 Å². The van der Waals surface area contributed by atoms with Crippen molar-refractivity contribution in [2.75, 3.05) is 9.80 Å². The van der Waals surface area contributed by atoms with Crippen molar-refractivity contribution in [3.63, 3.8) is 0 Å². The van der Waals surface area contributed by atoms with Crippen LogP contribution in [0.5, 0.6) is 0 Å². The summed E-state index contributed by atoms with van der Waals surface area (Å²) in [6, 6.07) is 77.9. The summed E-state index contributed by atoms with van der Waals surface area (Å²) in [5.74, 6) is 0. The van der Waals surface area contributed by atoms with Gasteiger partial charge in [-0.15, -0.1) is 0 Å². The molecule has 0 aliphatic carbocycles. The number of aromatic nitrogens is 2. The van der Waals surface area contributed by atoms with Gasteiger partial charge in [0.1, 0.15) is 0 Å². The van der Waals surface area contributed by atoms with Crippen molar-refractivity contribution in [3.8, 4) is 22.3 Å². The summed E-state index contributed by atoms with van der Waals surface area (Å²) in [5, 5.41) is 9.98. The second-order valence-corrected chi connectivity index (χ2v) is 22.2. The van der Waals surface area contributed by atoms with Crippen LogP contribution in [-0.4, -0.2) is 8.80 Å². The number of hydrogen-bond acceptors (Lipinski definition) is 2. The molecule has 0 saturated carbocycles. The number of aryl methyl sites for hydroxylation is 6. The molecule has 0 amide bonds. The maximum atomic E-state index is 2.57. The smallest absolute Gasteiger partial charge is 0.0641 e. The lowest BCUT2D eigenvalue weighted by molar-refractivity contribution is 1.22. The van der Waals surface area contributed by atoms with E-state index in [0.29, 0.717) is 0 Å². The van der Waals surface area contributed by atoms with Gasteiger partial charge in [0, 0.05) is 65.6 Å². The molecule has 0 aliphatic rings. The van der Waals surface area contributed by atoms with Gasteiger partial charge in [0.2, 0.25) is 0 Å². The lowest BCUT2D eigenvalue weighted by atomic mass is 9.97. The van der Waals surface area contributed by atoms with E-state index in [2.05, 4.69) is 280 Å². The molecule has 0 saturated heterocycles. The highest BCUT2D eigenvalue weighted by atomic mass is 15.2. The van der Waals surface area contributed by atoms with Crippen LogP contribution in [0.15, 0.2) is 206 Å². The predicted octanol–water partition coefficient (Wildman–Crippen LogP) is 20.7. The topological polar surface area (TPSA) is 15.3 Å². The summed E-state index contributed by atoms with van der Waals surface area (Å²) >= 11 is 0. The third kappa shape index (κ3) is 6.59. The summed E-state index contributed by atoms with van der Waals surface area (Å²) in [6.45, 7) is 17.9. The van der Waals surface area contributed by atoms with Crippen LogP contribution in [0, 0.1) is 55.4 Å². The summed E-state index contributed by atoms with van der Waals surface area (Å²) < 4.78 is 5.14. The number of rotatable bonds is 8. The van der Waals surface area contributed by atoms with E-state index in [9.17, 15) is 0 Å². The zero-order valence-electron chi connectivity index (χ0n) is 45.4. The van der Waals surface area contributed by atoms with E-state index in [4.69, 9.17) is 0 Å². The molecular weight excluding hydrogens is 945 g/mol. The van der Waals surface area contributed by atoms with Gasteiger partial charge in [0.05, 0.1) is 55.8 Å². The van der Waals surface area contributed by atoms with Crippen LogP contribution >= 0.6 is 0 Å². The third-order valence-electron chi connectivity index (χ3n) is 17.5. The standard InChI is InChI=1S/C74H58N4/c1-43-27-31-65(59(35-43)51-19-11-9-12-20-51)75(53-37-45(3)49(7)46(4)38-53)67-33-29-55-61-41-70-62(42-69(61)77-63-25-17-15-23-57(63)71(67)73(55)77)56-30-34-68(72-58-24-16-18-26-64(58)78(70)74(56)72)76(54-39-47(5)50(8)48(6)40-54)66-32-28-44(2)36-60(66)52-21-13-10-14-22-52/h9-42H,1-8H3. The van der Waals surface area contributed by atoms with Gasteiger partial charge in [-0.1, -0.05) is 132 Å². The van der Waals surface area contributed by atoms with Crippen LogP contribution < -0.4 is 9.80 Å². The van der Waals surface area contributed by atoms with Crippen LogP contribution in [-0.2, 0) is 0 Å². The molecule has 4 nitrogen and oxygen atoms in total. The quantitative estimate of drug-likeness (QED) is 0.151. The number of anilines is 6. The minimum Gasteiger partial charge on any atom is -0.309 e. The number of fused-ring (bicyclic) bond motifs is 12. The molecule has 0 aliphatic heterocycles. The minimum absolute atomic E-state index is 1.15. The summed E-state index contributed by atoms with van der Waals surface area (Å²) in [5.41, 5.74) is 29.3. The molecule has 11 aromatic carbocycles. The highest BCUT2D eigenvalue weighted by molar-refractivity contribution is 6.32. The normalized spacial score (nSPS) is 12.1. The first-order valence-electron chi connectivity index (χ1n) is 27.4. The molecule has 4 heteroatoms. The third-order valence-corrected chi connectivity index (χ3v) is 17.5. The Morgan fingerprint density at radius 2 is 0.641 bits per heavy atom. The highest BCUT2D eigenvalue weighted by Crippen LogP contribution is 2.53. The van der Waals surface area contributed by atoms with Crippen molar-refractivity contribution in [2.24, 2.45) is 0 Å². The fraction of sp³-hybridized carbons (Fsp3) is 0.108. The zero-order valence-corrected chi connectivity index (χ0v) is 45.4. The first-order chi connectivity index (χ1) is 38.0. The van der Waals surface area contributed by atoms with Crippen LogP contribution in [0.25, 0.3) is 98.4 Å². The Balaban J connectivity index is 1.02. The molecule has 0 fully saturated rings. The van der Waals surface area contributed by atoms with E-state index in [0.717, 1.165) is 34.1 Å². The lowest BCUT2D eigenvalue weighted by Gasteiger charge is -2.30. The second-order valence-electron chi connectivity index (χ2n) is 22.2. The first-order valence-corrected chi connectivity index (χ1v) is 27.4. The fourth-order valence-corrected chi connectivity index (χ4v) is 13.3. The summed E-state index contributed by atoms with van der Waals surface area (Å²) in [7, 11) is 0. The molecule has 4 heterocycles. The molecule has 0 bridgehead atoms. The van der Waals surface area contributed by atoms with Gasteiger partial charge in [-0.3, -0.25) is 0 Å². The molecule has 4 aromatic heterocycles. The summed E-state index contributed by atoms with van der Waals surface area (Å²) in [6.07, 6.45) is 0. The highest BCUT2D eigenvalue weighted by Gasteiger charge is 2.30. The summed E-state index contributed by atoms with van der Waals surface area (Å²) in [4.78, 5) is 5.08. The number of benzene rings is 11. The maximum absolute atomic E-state index is 2.57. The average Bonchev–Trinajstić information content (AvgIpc) is 4.27. The molecule has 374 valence electrons. The minimum atomic E-state index is 1.15. The largest absolute Gasteiger partial charge is 0.309 e. The molecule has 0 atom stereocenters. The predicted molar refractivity (Wildman–Crippen MR) is 334 cm³/mol. The Kier molecular flexibility index (Phi) is 10.1. The van der Waals surface area contributed by atoms with Crippen molar-refractivity contribution >= 4 is 110 Å². The number of para-hydroxylation sites is 2. The van der Waals surface area contributed by atoms with E-state index < -0.39 is 0 Å². The van der Waals surface area contributed by atoms with Crippen molar-refractivity contribution in [2.45, 2.75) is 55.4 Å². The van der Waals surface area contributed by atoms with Crippen molar-refractivity contribution in [1.29, 1.82) is 0 Å². The molecule has 0 spiro atoms. The SMILES string of the molecule is Cc1ccc(N(c2cc(C)c(C)c(C)c2)c2ccc3c4cc5c(cc4n4c6ccccc6c2c34)c2ccc(N(c3cc(C)c(C)c(C)c3)c3ccc(C)cc3-c3ccccc3)c3c4ccccc4n5c23)c(-c2ccccc2)c1. The Morgan fingerprint density at radius 3 is 1.04 bits per heavy atom. The van der Waals surface area contributed by atoms with Crippen LogP contribution in [0.3, 0.4) is 0 Å². The molecule has 15 rings (SSSR count). The number of nitrogens with zero attached hydrogens (tertiary/aromatic N) is 4. The van der Waals surface area contributed by atoms with Crippen LogP contribution in [0.2, 0.25) is 0 Å².